The highest BCUT2D eigenvalue weighted by Gasteiger charge is 2.29. The van der Waals surface area contributed by atoms with Crippen LogP contribution in [0.5, 0.6) is 0 Å². The molecule has 0 radical (unpaired) electrons. The van der Waals surface area contributed by atoms with E-state index in [1.807, 2.05) is 0 Å². The third-order valence-electron chi connectivity index (χ3n) is 2.85. The molecule has 0 N–H and O–H groups in total. The van der Waals surface area contributed by atoms with Crippen molar-refractivity contribution in [2.75, 3.05) is 0 Å². The van der Waals surface area contributed by atoms with Crippen molar-refractivity contribution in [2.45, 2.75) is 54.1 Å². The molecule has 1 aliphatic rings. The number of rotatable bonds is 2. The van der Waals surface area contributed by atoms with Crippen LogP contribution in [0, 0.1) is 5.41 Å². The van der Waals surface area contributed by atoms with Crippen molar-refractivity contribution in [3.63, 3.8) is 0 Å². The highest BCUT2D eigenvalue weighted by atomic mass is 28.3. The lowest BCUT2D eigenvalue weighted by Crippen LogP contribution is -2.15. The highest BCUT2D eigenvalue weighted by molar-refractivity contribution is 6.48. The van der Waals surface area contributed by atoms with E-state index >= 15 is 0 Å². The molecule has 86 valence electrons. The summed E-state index contributed by atoms with van der Waals surface area (Å²) in [6, 6.07) is 0. The third kappa shape index (κ3) is 2.74. The molecule has 0 saturated heterocycles. The maximum Gasteiger partial charge on any atom is 0.229 e. The summed E-state index contributed by atoms with van der Waals surface area (Å²) in [5, 5.41) is 0. The van der Waals surface area contributed by atoms with Crippen molar-refractivity contribution < 1.29 is 4.43 Å². The first-order chi connectivity index (χ1) is 6.73. The van der Waals surface area contributed by atoms with E-state index in [1.54, 1.807) is 0 Å². The summed E-state index contributed by atoms with van der Waals surface area (Å²) in [5.41, 5.74) is 4.58. The minimum absolute atomic E-state index is 0.209. The predicted molar refractivity (Wildman–Crippen MR) is 69.4 cm³/mol. The van der Waals surface area contributed by atoms with Crippen molar-refractivity contribution in [1.29, 1.82) is 0 Å². The minimum Gasteiger partial charge on any atom is -0.549 e. The van der Waals surface area contributed by atoms with Crippen LogP contribution in [0.1, 0.15) is 41.0 Å². The molecule has 15 heavy (non-hydrogen) atoms. The Morgan fingerprint density at radius 3 is 2.07 bits per heavy atom. The summed E-state index contributed by atoms with van der Waals surface area (Å²) in [5.74, 6) is 1.25. The van der Waals surface area contributed by atoms with Gasteiger partial charge in [-0.05, 0) is 43.5 Å². The molecule has 2 heteroatoms. The van der Waals surface area contributed by atoms with Crippen molar-refractivity contribution in [1.82, 2.24) is 0 Å². The summed E-state index contributed by atoms with van der Waals surface area (Å²) in [7, 11) is -0.973. The molecule has 1 aliphatic carbocycles. The molecule has 0 aromatic rings. The second kappa shape index (κ2) is 4.16. The lowest BCUT2D eigenvalue weighted by Gasteiger charge is -2.25. The Morgan fingerprint density at radius 2 is 1.67 bits per heavy atom. The van der Waals surface area contributed by atoms with Gasteiger partial charge < -0.3 is 4.43 Å². The maximum absolute atomic E-state index is 6.07. The third-order valence-corrected chi connectivity index (χ3v) is 3.60. The van der Waals surface area contributed by atoms with Gasteiger partial charge in [0, 0.05) is 6.42 Å². The van der Waals surface area contributed by atoms with Gasteiger partial charge in [-0.2, -0.15) is 0 Å². The van der Waals surface area contributed by atoms with E-state index in [-0.39, 0.29) is 5.41 Å². The van der Waals surface area contributed by atoms with E-state index in [1.165, 1.54) is 22.5 Å². The molecule has 0 aromatic heterocycles. The summed E-state index contributed by atoms with van der Waals surface area (Å²) in [6.45, 7) is 15.7. The van der Waals surface area contributed by atoms with Gasteiger partial charge in [-0.1, -0.05) is 26.3 Å². The standard InChI is InChI=1S/C13H24OSi/c1-9-8-11(14-15(6)7)12(10(9)2)13(3,4)5/h15H,8H2,1-7H3. The van der Waals surface area contributed by atoms with Gasteiger partial charge in [0.1, 0.15) is 0 Å². The lowest BCUT2D eigenvalue weighted by molar-refractivity contribution is 0.397. The van der Waals surface area contributed by atoms with Crippen LogP contribution in [0.25, 0.3) is 0 Å². The fraction of sp³-hybridized carbons (Fsp3) is 0.692. The highest BCUT2D eigenvalue weighted by Crippen LogP contribution is 2.42. The second-order valence-corrected chi connectivity index (χ2v) is 8.13. The Balaban J connectivity index is 3.07. The van der Waals surface area contributed by atoms with Crippen LogP contribution in [-0.2, 0) is 4.43 Å². The number of hydrogen-bond acceptors (Lipinski definition) is 1. The summed E-state index contributed by atoms with van der Waals surface area (Å²) in [6.07, 6.45) is 1.03. The van der Waals surface area contributed by atoms with Gasteiger partial charge in [-0.3, -0.25) is 0 Å². The van der Waals surface area contributed by atoms with E-state index in [4.69, 9.17) is 4.43 Å². The number of hydrogen-bond donors (Lipinski definition) is 0. The van der Waals surface area contributed by atoms with Crippen LogP contribution in [0.3, 0.4) is 0 Å². The zero-order chi connectivity index (χ0) is 11.8. The molecule has 0 spiro atoms. The molecule has 0 aromatic carbocycles. The zero-order valence-electron chi connectivity index (χ0n) is 11.2. The SMILES string of the molecule is CC1=C(C)C(C(C)(C)C)=C(O[SiH](C)C)C1. The minimum atomic E-state index is -0.973. The second-order valence-electron chi connectivity index (χ2n) is 5.80. The molecular weight excluding hydrogens is 200 g/mol. The topological polar surface area (TPSA) is 9.23 Å². The lowest BCUT2D eigenvalue weighted by atomic mass is 9.83. The van der Waals surface area contributed by atoms with Gasteiger partial charge >= 0.3 is 0 Å². The largest absolute Gasteiger partial charge is 0.549 e. The van der Waals surface area contributed by atoms with Gasteiger partial charge in [0.15, 0.2) is 0 Å². The van der Waals surface area contributed by atoms with Gasteiger partial charge in [-0.25, -0.2) is 0 Å². The average molecular weight is 224 g/mol. The predicted octanol–water partition coefficient (Wildman–Crippen LogP) is 4.03. The summed E-state index contributed by atoms with van der Waals surface area (Å²) >= 11 is 0. The molecule has 0 amide bonds. The first kappa shape index (κ1) is 12.6. The van der Waals surface area contributed by atoms with E-state index < -0.39 is 9.04 Å². The maximum atomic E-state index is 6.07. The fourth-order valence-electron chi connectivity index (χ4n) is 2.25. The van der Waals surface area contributed by atoms with Gasteiger partial charge in [0.2, 0.25) is 9.04 Å². The average Bonchev–Trinajstić information content (AvgIpc) is 2.24. The Bertz CT molecular complexity index is 316. The number of allylic oxidation sites excluding steroid dienone is 3. The molecule has 0 unspecified atom stereocenters. The first-order valence-electron chi connectivity index (χ1n) is 5.80. The van der Waals surface area contributed by atoms with Crippen LogP contribution >= 0.6 is 0 Å². The van der Waals surface area contributed by atoms with Gasteiger partial charge in [0.05, 0.1) is 5.76 Å². The molecule has 1 nitrogen and oxygen atoms in total. The van der Waals surface area contributed by atoms with Crippen molar-refractivity contribution in [3.8, 4) is 0 Å². The van der Waals surface area contributed by atoms with E-state index in [0.717, 1.165) is 6.42 Å². The Kier molecular flexibility index (Phi) is 3.49. The quantitative estimate of drug-likeness (QED) is 0.644. The van der Waals surface area contributed by atoms with E-state index in [0.29, 0.717) is 0 Å². The molecule has 0 saturated carbocycles. The Labute approximate surface area is 95.9 Å². The summed E-state index contributed by atoms with van der Waals surface area (Å²) in [4.78, 5) is 0. The zero-order valence-corrected chi connectivity index (χ0v) is 12.3. The van der Waals surface area contributed by atoms with E-state index in [9.17, 15) is 0 Å². The Hall–Kier alpha value is -0.503. The molecule has 0 aliphatic heterocycles. The molecule has 0 atom stereocenters. The molecule has 0 heterocycles. The fourth-order valence-corrected chi connectivity index (χ4v) is 3.02. The monoisotopic (exact) mass is 224 g/mol. The molecule has 0 bridgehead atoms. The van der Waals surface area contributed by atoms with Crippen LogP contribution in [0.15, 0.2) is 22.5 Å². The summed E-state index contributed by atoms with van der Waals surface area (Å²) < 4.78 is 6.07. The van der Waals surface area contributed by atoms with Crippen LogP contribution in [0.4, 0.5) is 0 Å². The normalized spacial score (nSPS) is 18.1. The van der Waals surface area contributed by atoms with Gasteiger partial charge in [-0.15, -0.1) is 0 Å². The van der Waals surface area contributed by atoms with Crippen molar-refractivity contribution in [3.05, 3.63) is 22.5 Å². The van der Waals surface area contributed by atoms with Crippen molar-refractivity contribution >= 4 is 9.04 Å². The molecule has 1 rings (SSSR count). The van der Waals surface area contributed by atoms with Gasteiger partial charge in [0.25, 0.3) is 0 Å². The Morgan fingerprint density at radius 1 is 1.13 bits per heavy atom. The van der Waals surface area contributed by atoms with Crippen LogP contribution < -0.4 is 0 Å². The van der Waals surface area contributed by atoms with Crippen LogP contribution in [0.2, 0.25) is 13.1 Å². The first-order valence-corrected chi connectivity index (χ1v) is 8.58. The molecular formula is C13H24OSi. The van der Waals surface area contributed by atoms with Crippen molar-refractivity contribution in [2.24, 2.45) is 5.41 Å². The van der Waals surface area contributed by atoms with E-state index in [2.05, 4.69) is 47.7 Å². The molecule has 0 fully saturated rings. The smallest absolute Gasteiger partial charge is 0.229 e. The van der Waals surface area contributed by atoms with Crippen LogP contribution in [-0.4, -0.2) is 9.04 Å².